The van der Waals surface area contributed by atoms with E-state index in [1.807, 2.05) is 25.2 Å². The van der Waals surface area contributed by atoms with Crippen LogP contribution in [-0.2, 0) is 14.3 Å². The van der Waals surface area contributed by atoms with Crippen molar-refractivity contribution in [2.75, 3.05) is 6.61 Å². The molecule has 4 nitrogen and oxygen atoms in total. The van der Waals surface area contributed by atoms with Crippen LogP contribution in [0.2, 0.25) is 0 Å². The molecule has 1 rings (SSSR count). The summed E-state index contributed by atoms with van der Waals surface area (Å²) < 4.78 is 5.99. The van der Waals surface area contributed by atoms with Gasteiger partial charge in [0, 0.05) is 10.9 Å². The standard InChI is InChI=1S/C16H22BrNO3/c1-4-11-8-7-9-12(17)10-13(11)15(16(20)21-6-3)18-14(19)5-2/h7,9-10,15H,4-6,8H2,1-3H3,(H,18,19). The summed E-state index contributed by atoms with van der Waals surface area (Å²) in [5.41, 5.74) is 1.93. The van der Waals surface area contributed by atoms with Crippen molar-refractivity contribution in [2.45, 2.75) is 46.1 Å². The molecule has 0 saturated heterocycles. The van der Waals surface area contributed by atoms with E-state index in [4.69, 9.17) is 4.74 Å². The average molecular weight is 356 g/mol. The molecule has 5 heteroatoms. The molecule has 0 aromatic carbocycles. The maximum Gasteiger partial charge on any atom is 0.333 e. The zero-order valence-electron chi connectivity index (χ0n) is 12.7. The van der Waals surface area contributed by atoms with Crippen molar-refractivity contribution < 1.29 is 14.3 Å². The summed E-state index contributed by atoms with van der Waals surface area (Å²) in [5, 5.41) is 2.77. The normalized spacial score (nSPS) is 16.1. The molecule has 1 unspecified atom stereocenters. The number of hydrogen-bond acceptors (Lipinski definition) is 3. The Balaban J connectivity index is 3.20. The van der Waals surface area contributed by atoms with Gasteiger partial charge in [0.15, 0.2) is 6.04 Å². The summed E-state index contributed by atoms with van der Waals surface area (Å²) in [6, 6.07) is -0.750. The Kier molecular flexibility index (Phi) is 7.43. The van der Waals surface area contributed by atoms with Gasteiger partial charge in [0.1, 0.15) is 0 Å². The van der Waals surface area contributed by atoms with E-state index in [-0.39, 0.29) is 12.5 Å². The molecule has 1 N–H and O–H groups in total. The SMILES string of the molecule is CCOC(=O)C(NC(=O)CC)C1=C(CC)CC=CC(Br)=C1. The summed E-state index contributed by atoms with van der Waals surface area (Å²) >= 11 is 3.45. The molecule has 1 atom stereocenters. The van der Waals surface area contributed by atoms with Gasteiger partial charge in [0.25, 0.3) is 0 Å². The largest absolute Gasteiger partial charge is 0.464 e. The topological polar surface area (TPSA) is 55.4 Å². The van der Waals surface area contributed by atoms with Crippen LogP contribution in [0.3, 0.4) is 0 Å². The van der Waals surface area contributed by atoms with E-state index >= 15 is 0 Å². The second-order valence-corrected chi connectivity index (χ2v) is 5.57. The van der Waals surface area contributed by atoms with Gasteiger partial charge >= 0.3 is 5.97 Å². The molecular weight excluding hydrogens is 334 g/mol. The average Bonchev–Trinajstić information content (AvgIpc) is 2.65. The van der Waals surface area contributed by atoms with Gasteiger partial charge in [-0.3, -0.25) is 4.79 Å². The number of ether oxygens (including phenoxy) is 1. The van der Waals surface area contributed by atoms with Crippen molar-refractivity contribution >= 4 is 27.8 Å². The third-order valence-electron chi connectivity index (χ3n) is 3.23. The zero-order valence-corrected chi connectivity index (χ0v) is 14.3. The van der Waals surface area contributed by atoms with Crippen LogP contribution in [0.1, 0.15) is 40.0 Å². The first-order valence-electron chi connectivity index (χ1n) is 7.25. The highest BCUT2D eigenvalue weighted by Crippen LogP contribution is 2.26. The maximum atomic E-state index is 12.2. The van der Waals surface area contributed by atoms with E-state index in [0.29, 0.717) is 6.42 Å². The smallest absolute Gasteiger partial charge is 0.333 e. The minimum atomic E-state index is -0.750. The number of amides is 1. The fraction of sp³-hybridized carbons (Fsp3) is 0.500. The minimum Gasteiger partial charge on any atom is -0.464 e. The lowest BCUT2D eigenvalue weighted by molar-refractivity contribution is -0.146. The number of carbonyl (C=O) groups is 2. The van der Waals surface area contributed by atoms with Gasteiger partial charge < -0.3 is 10.1 Å². The lowest BCUT2D eigenvalue weighted by Crippen LogP contribution is -2.43. The fourth-order valence-electron chi connectivity index (χ4n) is 2.12. The number of rotatable bonds is 6. The summed E-state index contributed by atoms with van der Waals surface area (Å²) in [4.78, 5) is 24.0. The molecule has 116 valence electrons. The molecule has 1 amide bonds. The van der Waals surface area contributed by atoms with Crippen LogP contribution < -0.4 is 5.32 Å². The van der Waals surface area contributed by atoms with E-state index in [0.717, 1.165) is 28.5 Å². The Bertz CT molecular complexity index is 492. The quantitative estimate of drug-likeness (QED) is 0.743. The molecule has 0 aromatic heterocycles. The highest BCUT2D eigenvalue weighted by Gasteiger charge is 2.27. The lowest BCUT2D eigenvalue weighted by atomic mass is 9.96. The molecule has 21 heavy (non-hydrogen) atoms. The van der Waals surface area contributed by atoms with Gasteiger partial charge in [-0.1, -0.05) is 47.5 Å². The second-order valence-electron chi connectivity index (χ2n) is 4.65. The Morgan fingerprint density at radius 2 is 2.10 bits per heavy atom. The first-order chi connectivity index (χ1) is 10.0. The van der Waals surface area contributed by atoms with Gasteiger partial charge in [0.2, 0.25) is 5.91 Å². The summed E-state index contributed by atoms with van der Waals surface area (Å²) in [7, 11) is 0. The molecule has 0 fully saturated rings. The van der Waals surface area contributed by atoms with Gasteiger partial charge in [-0.25, -0.2) is 4.79 Å². The van der Waals surface area contributed by atoms with E-state index in [9.17, 15) is 9.59 Å². The number of esters is 1. The molecule has 1 aliphatic carbocycles. The van der Waals surface area contributed by atoms with Crippen LogP contribution in [0.4, 0.5) is 0 Å². The molecule has 0 aromatic rings. The van der Waals surface area contributed by atoms with Crippen molar-refractivity contribution in [3.05, 3.63) is 33.9 Å². The lowest BCUT2D eigenvalue weighted by Gasteiger charge is -2.21. The summed E-state index contributed by atoms with van der Waals surface area (Å²) in [6.45, 7) is 5.84. The van der Waals surface area contributed by atoms with Gasteiger partial charge in [-0.05, 0) is 31.4 Å². The van der Waals surface area contributed by atoms with E-state index < -0.39 is 12.0 Å². The predicted molar refractivity (Wildman–Crippen MR) is 86.9 cm³/mol. The first kappa shape index (κ1) is 17.7. The van der Waals surface area contributed by atoms with Crippen LogP contribution in [0.5, 0.6) is 0 Å². The van der Waals surface area contributed by atoms with Crippen molar-refractivity contribution in [1.82, 2.24) is 5.32 Å². The molecule has 0 aliphatic heterocycles. The maximum absolute atomic E-state index is 12.2. The third-order valence-corrected chi connectivity index (χ3v) is 3.72. The van der Waals surface area contributed by atoms with Crippen LogP contribution in [0.25, 0.3) is 0 Å². The van der Waals surface area contributed by atoms with Crippen LogP contribution in [0.15, 0.2) is 33.9 Å². The van der Waals surface area contributed by atoms with Crippen molar-refractivity contribution in [3.8, 4) is 0 Å². The molecule has 0 spiro atoms. The van der Waals surface area contributed by atoms with Gasteiger partial charge in [0.05, 0.1) is 6.61 Å². The van der Waals surface area contributed by atoms with E-state index in [2.05, 4.69) is 21.2 Å². The van der Waals surface area contributed by atoms with E-state index in [1.165, 1.54) is 0 Å². The predicted octanol–water partition coefficient (Wildman–Crippen LogP) is 3.39. The van der Waals surface area contributed by atoms with Crippen molar-refractivity contribution in [1.29, 1.82) is 0 Å². The Labute approximate surface area is 134 Å². The summed E-state index contributed by atoms with van der Waals surface area (Å²) in [6.07, 6.45) is 7.78. The fourth-order valence-corrected chi connectivity index (χ4v) is 2.55. The van der Waals surface area contributed by atoms with Crippen LogP contribution in [0, 0.1) is 0 Å². The number of nitrogens with one attached hydrogen (secondary N) is 1. The van der Waals surface area contributed by atoms with E-state index in [1.54, 1.807) is 13.8 Å². The summed E-state index contributed by atoms with van der Waals surface area (Å²) in [5.74, 6) is -0.587. The van der Waals surface area contributed by atoms with Crippen molar-refractivity contribution in [2.24, 2.45) is 0 Å². The van der Waals surface area contributed by atoms with Crippen LogP contribution >= 0.6 is 15.9 Å². The third kappa shape index (κ3) is 5.16. The number of hydrogen-bond donors (Lipinski definition) is 1. The molecule has 0 heterocycles. The van der Waals surface area contributed by atoms with Crippen molar-refractivity contribution in [3.63, 3.8) is 0 Å². The molecule has 0 radical (unpaired) electrons. The highest BCUT2D eigenvalue weighted by molar-refractivity contribution is 9.11. The zero-order chi connectivity index (χ0) is 15.8. The van der Waals surface area contributed by atoms with Gasteiger partial charge in [-0.15, -0.1) is 0 Å². The number of halogens is 1. The second kappa shape index (κ2) is 8.82. The Morgan fingerprint density at radius 1 is 1.38 bits per heavy atom. The highest BCUT2D eigenvalue weighted by atomic mass is 79.9. The Hall–Kier alpha value is -1.36. The minimum absolute atomic E-state index is 0.169. The first-order valence-corrected chi connectivity index (χ1v) is 8.04. The molecule has 1 aliphatic rings. The molecule has 0 bridgehead atoms. The van der Waals surface area contributed by atoms with Gasteiger partial charge in [-0.2, -0.15) is 0 Å². The molecular formula is C16H22BrNO3. The van der Waals surface area contributed by atoms with Crippen LogP contribution in [-0.4, -0.2) is 24.5 Å². The number of carbonyl (C=O) groups excluding carboxylic acids is 2. The molecule has 0 saturated carbocycles. The Morgan fingerprint density at radius 3 is 2.67 bits per heavy atom. The monoisotopic (exact) mass is 355 g/mol. The number of allylic oxidation sites excluding steroid dienone is 4.